The third-order valence-corrected chi connectivity index (χ3v) is 4.52. The first-order valence-electron chi connectivity index (χ1n) is 5.35. The van der Waals surface area contributed by atoms with Crippen LogP contribution in [0, 0.1) is 0 Å². The van der Waals surface area contributed by atoms with Gasteiger partial charge in [0.15, 0.2) is 4.67 Å². The summed E-state index contributed by atoms with van der Waals surface area (Å²) in [4.78, 5) is 11.2. The summed E-state index contributed by atoms with van der Waals surface area (Å²) in [5.74, 6) is -1.14. The molecule has 3 nitrogen and oxygen atoms in total. The number of benzene rings is 1. The lowest BCUT2D eigenvalue weighted by molar-refractivity contribution is 0.0662. The second-order valence-corrected chi connectivity index (χ2v) is 5.22. The van der Waals surface area contributed by atoms with E-state index in [0.29, 0.717) is 14.7 Å². The average Bonchev–Trinajstić information content (AvgIpc) is 2.66. The molecule has 0 aliphatic heterocycles. The topological polar surface area (TPSA) is 50.4 Å². The molecule has 0 aliphatic carbocycles. The van der Waals surface area contributed by atoms with Crippen LogP contribution in [0.2, 0.25) is 0 Å². The maximum atomic E-state index is 11.2. The van der Waals surface area contributed by atoms with Gasteiger partial charge >= 0.3 is 5.97 Å². The van der Waals surface area contributed by atoms with Crippen molar-refractivity contribution < 1.29 is 14.3 Å². The van der Waals surface area contributed by atoms with Crippen LogP contribution in [0.5, 0.6) is 0 Å². The molecule has 1 aromatic carbocycles. The fourth-order valence-corrected chi connectivity index (χ4v) is 2.68. The zero-order chi connectivity index (χ0) is 13.3. The van der Waals surface area contributed by atoms with Crippen LogP contribution in [-0.2, 0) is 6.42 Å². The molecule has 2 rings (SSSR count). The van der Waals surface area contributed by atoms with Crippen molar-refractivity contribution in [3.8, 4) is 11.1 Å². The summed E-state index contributed by atoms with van der Waals surface area (Å²) in [7, 11) is 0. The molecule has 1 aromatic heterocycles. The third-order valence-electron chi connectivity index (χ3n) is 2.67. The molecule has 0 unspecified atom stereocenters. The van der Waals surface area contributed by atoms with E-state index in [0.717, 1.165) is 17.5 Å². The molecule has 0 saturated heterocycles. The van der Waals surface area contributed by atoms with E-state index in [9.17, 15) is 9.90 Å². The number of aromatic carboxylic acids is 1. The minimum atomic E-state index is -1.08. The summed E-state index contributed by atoms with van der Waals surface area (Å²) in [6.45, 7) is 2.03. The van der Waals surface area contributed by atoms with Crippen LogP contribution < -0.4 is 0 Å². The lowest BCUT2D eigenvalue weighted by Gasteiger charge is -2.07. The van der Waals surface area contributed by atoms with Crippen LogP contribution >= 0.6 is 31.9 Å². The normalized spacial score (nSPS) is 10.6. The Morgan fingerprint density at radius 1 is 1.33 bits per heavy atom. The van der Waals surface area contributed by atoms with Gasteiger partial charge in [-0.2, -0.15) is 0 Å². The van der Waals surface area contributed by atoms with Gasteiger partial charge in [-0.05, 0) is 49.4 Å². The molecule has 0 amide bonds. The molecule has 0 spiro atoms. The number of furan rings is 1. The highest BCUT2D eigenvalue weighted by molar-refractivity contribution is 9.13. The van der Waals surface area contributed by atoms with Crippen LogP contribution in [0.4, 0.5) is 0 Å². The van der Waals surface area contributed by atoms with Crippen molar-refractivity contribution in [3.63, 3.8) is 0 Å². The lowest BCUT2D eigenvalue weighted by Crippen LogP contribution is -1.98. The number of aryl methyl sites for hydroxylation is 1. The van der Waals surface area contributed by atoms with Gasteiger partial charge in [-0.25, -0.2) is 4.79 Å². The fraction of sp³-hybridized carbons (Fsp3) is 0.154. The second-order valence-electron chi connectivity index (χ2n) is 3.71. The van der Waals surface area contributed by atoms with Crippen LogP contribution in [0.3, 0.4) is 0 Å². The van der Waals surface area contributed by atoms with Gasteiger partial charge in [0.05, 0.1) is 10.0 Å². The minimum Gasteiger partial charge on any atom is -0.475 e. The van der Waals surface area contributed by atoms with E-state index in [2.05, 4.69) is 31.9 Å². The molecule has 0 aliphatic rings. The number of rotatable bonds is 3. The molecule has 0 atom stereocenters. The Balaban J connectivity index is 2.74. The number of carbonyl (C=O) groups is 1. The first-order chi connectivity index (χ1) is 8.56. The van der Waals surface area contributed by atoms with Gasteiger partial charge in [-0.3, -0.25) is 0 Å². The summed E-state index contributed by atoms with van der Waals surface area (Å²) in [5, 5.41) is 9.19. The van der Waals surface area contributed by atoms with Gasteiger partial charge in [0.1, 0.15) is 0 Å². The van der Waals surface area contributed by atoms with Crippen molar-refractivity contribution in [2.45, 2.75) is 13.3 Å². The zero-order valence-electron chi connectivity index (χ0n) is 9.54. The predicted octanol–water partition coefficient (Wildman–Crippen LogP) is 4.73. The van der Waals surface area contributed by atoms with Crippen LogP contribution in [0.1, 0.15) is 23.0 Å². The van der Waals surface area contributed by atoms with Crippen molar-refractivity contribution in [1.82, 2.24) is 0 Å². The van der Waals surface area contributed by atoms with E-state index in [-0.39, 0.29) is 5.76 Å². The molecule has 1 N–H and O–H groups in total. The summed E-state index contributed by atoms with van der Waals surface area (Å²) < 4.78 is 6.25. The van der Waals surface area contributed by atoms with E-state index < -0.39 is 5.97 Å². The average molecular weight is 374 g/mol. The van der Waals surface area contributed by atoms with Gasteiger partial charge < -0.3 is 9.52 Å². The first kappa shape index (κ1) is 13.4. The molecule has 0 fully saturated rings. The number of carboxylic acid groups (broad SMARTS) is 1. The van der Waals surface area contributed by atoms with E-state index in [1.54, 1.807) is 0 Å². The Labute approximate surface area is 121 Å². The molecule has 1 heterocycles. The van der Waals surface area contributed by atoms with Crippen molar-refractivity contribution in [3.05, 3.63) is 44.7 Å². The standard InChI is InChI=1S/C13H10Br2O3/c1-2-7-5-3-4-6-8(7)9-10(14)12(15)18-11(9)13(16)17/h3-6H,2H2,1H3,(H,16,17). The predicted molar refractivity (Wildman–Crippen MR) is 75.9 cm³/mol. The summed E-state index contributed by atoms with van der Waals surface area (Å²) in [6.07, 6.45) is 0.824. The Bertz CT molecular complexity index is 602. The van der Waals surface area contributed by atoms with Crippen molar-refractivity contribution in [2.24, 2.45) is 0 Å². The maximum absolute atomic E-state index is 11.2. The zero-order valence-corrected chi connectivity index (χ0v) is 12.7. The molecule has 18 heavy (non-hydrogen) atoms. The Hall–Kier alpha value is -1.07. The highest BCUT2D eigenvalue weighted by atomic mass is 79.9. The summed E-state index contributed by atoms with van der Waals surface area (Å²) >= 11 is 6.57. The lowest BCUT2D eigenvalue weighted by atomic mass is 9.98. The monoisotopic (exact) mass is 372 g/mol. The highest BCUT2D eigenvalue weighted by Gasteiger charge is 2.24. The number of halogens is 2. The Morgan fingerprint density at radius 2 is 2.00 bits per heavy atom. The summed E-state index contributed by atoms with van der Waals surface area (Å²) in [5.41, 5.74) is 2.53. The largest absolute Gasteiger partial charge is 0.475 e. The smallest absolute Gasteiger partial charge is 0.372 e. The molecule has 0 saturated carbocycles. The molecule has 2 aromatic rings. The Morgan fingerprint density at radius 3 is 2.61 bits per heavy atom. The quantitative estimate of drug-likeness (QED) is 0.845. The van der Waals surface area contributed by atoms with E-state index >= 15 is 0 Å². The van der Waals surface area contributed by atoms with Gasteiger partial charge in [0.25, 0.3) is 0 Å². The van der Waals surface area contributed by atoms with Gasteiger partial charge in [-0.1, -0.05) is 31.2 Å². The number of hydrogen-bond acceptors (Lipinski definition) is 2. The molecule has 5 heteroatoms. The van der Waals surface area contributed by atoms with E-state index in [4.69, 9.17) is 4.42 Å². The number of carboxylic acids is 1. The molecule has 94 valence electrons. The van der Waals surface area contributed by atoms with Gasteiger partial charge in [-0.15, -0.1) is 0 Å². The molecule has 0 bridgehead atoms. The SMILES string of the molecule is CCc1ccccc1-c1c(C(=O)O)oc(Br)c1Br. The highest BCUT2D eigenvalue weighted by Crippen LogP contribution is 2.41. The van der Waals surface area contributed by atoms with Crippen molar-refractivity contribution >= 4 is 37.8 Å². The molecular weight excluding hydrogens is 364 g/mol. The second kappa shape index (κ2) is 5.28. The molecular formula is C13H10Br2O3. The van der Waals surface area contributed by atoms with E-state index in [1.807, 2.05) is 31.2 Å². The van der Waals surface area contributed by atoms with Gasteiger partial charge in [0.2, 0.25) is 5.76 Å². The van der Waals surface area contributed by atoms with E-state index in [1.165, 1.54) is 0 Å². The van der Waals surface area contributed by atoms with Crippen molar-refractivity contribution in [2.75, 3.05) is 0 Å². The van der Waals surface area contributed by atoms with Gasteiger partial charge in [0, 0.05) is 0 Å². The summed E-state index contributed by atoms with van der Waals surface area (Å²) in [6, 6.07) is 7.70. The third kappa shape index (κ3) is 2.24. The van der Waals surface area contributed by atoms with Crippen molar-refractivity contribution in [1.29, 1.82) is 0 Å². The van der Waals surface area contributed by atoms with Crippen LogP contribution in [0.25, 0.3) is 11.1 Å². The maximum Gasteiger partial charge on any atom is 0.372 e. The first-order valence-corrected chi connectivity index (χ1v) is 6.94. The fourth-order valence-electron chi connectivity index (χ4n) is 1.85. The van der Waals surface area contributed by atoms with Crippen LogP contribution in [0.15, 0.2) is 37.8 Å². The molecule has 0 radical (unpaired) electrons. The minimum absolute atomic E-state index is 0.0605. The Kier molecular flexibility index (Phi) is 3.92. The number of hydrogen-bond donors (Lipinski definition) is 1. The van der Waals surface area contributed by atoms with Crippen LogP contribution in [-0.4, -0.2) is 11.1 Å².